The Kier molecular flexibility index (Phi) is 3.44. The minimum Gasteiger partial charge on any atom is -0.467 e. The number of carbonyl (C=O) groups excluding carboxylic acids is 1. The number of nitro groups is 1. The summed E-state index contributed by atoms with van der Waals surface area (Å²) in [7, 11) is 2.84. The lowest BCUT2D eigenvalue weighted by Gasteiger charge is -2.11. The second kappa shape index (κ2) is 4.60. The summed E-state index contributed by atoms with van der Waals surface area (Å²) in [5.41, 5.74) is 0. The van der Waals surface area contributed by atoms with E-state index in [1.165, 1.54) is 18.0 Å². The van der Waals surface area contributed by atoms with Gasteiger partial charge in [0.05, 0.1) is 7.11 Å². The van der Waals surface area contributed by atoms with Crippen molar-refractivity contribution in [3.8, 4) is 0 Å². The Morgan fingerprint density at radius 2 is 2.38 bits per heavy atom. The first-order valence-corrected chi connectivity index (χ1v) is 4.47. The molecule has 0 aromatic carbocycles. The third kappa shape index (κ3) is 2.27. The molecular weight excluding hydrogens is 216 g/mol. The highest BCUT2D eigenvalue weighted by molar-refractivity contribution is 5.79. The lowest BCUT2D eigenvalue weighted by molar-refractivity contribution is -0.388. The van der Waals surface area contributed by atoms with Crippen LogP contribution in [-0.2, 0) is 16.6 Å². The summed E-state index contributed by atoms with van der Waals surface area (Å²) in [5, 5.41) is 13.3. The van der Waals surface area contributed by atoms with Crippen molar-refractivity contribution in [2.24, 2.45) is 7.05 Å². The summed E-state index contributed by atoms with van der Waals surface area (Å²) < 4.78 is 5.93. The molecule has 8 nitrogen and oxygen atoms in total. The minimum absolute atomic E-state index is 0.169. The number of methoxy groups -OCH3 is 1. The van der Waals surface area contributed by atoms with Crippen LogP contribution in [0.1, 0.15) is 6.92 Å². The zero-order chi connectivity index (χ0) is 12.3. The molecule has 0 saturated heterocycles. The van der Waals surface area contributed by atoms with Crippen LogP contribution in [0, 0.1) is 10.1 Å². The third-order valence-corrected chi connectivity index (χ3v) is 2.00. The molecule has 0 bridgehead atoms. The Bertz CT molecular complexity index is 414. The van der Waals surface area contributed by atoms with Crippen LogP contribution in [0.3, 0.4) is 0 Å². The molecule has 0 radical (unpaired) electrons. The van der Waals surface area contributed by atoms with Crippen molar-refractivity contribution in [1.29, 1.82) is 0 Å². The smallest absolute Gasteiger partial charge is 0.406 e. The predicted molar refractivity (Wildman–Crippen MR) is 55.0 cm³/mol. The van der Waals surface area contributed by atoms with Gasteiger partial charge < -0.3 is 20.2 Å². The van der Waals surface area contributed by atoms with Gasteiger partial charge in [-0.2, -0.15) is 0 Å². The van der Waals surface area contributed by atoms with Crippen LogP contribution >= 0.6 is 0 Å². The molecule has 0 amide bonds. The number of hydrogen-bond acceptors (Lipinski definition) is 6. The number of imidazole rings is 1. The van der Waals surface area contributed by atoms with E-state index < -0.39 is 16.9 Å². The molecule has 16 heavy (non-hydrogen) atoms. The molecule has 0 aliphatic carbocycles. The predicted octanol–water partition coefficient (Wildman–Crippen LogP) is 0.302. The summed E-state index contributed by atoms with van der Waals surface area (Å²) in [6, 6.07) is -0.681. The summed E-state index contributed by atoms with van der Waals surface area (Å²) in [4.78, 5) is 24.8. The number of esters is 1. The van der Waals surface area contributed by atoms with Gasteiger partial charge in [-0.3, -0.25) is 4.57 Å². The fraction of sp³-hybridized carbons (Fsp3) is 0.500. The van der Waals surface area contributed by atoms with Crippen LogP contribution in [0.25, 0.3) is 0 Å². The topological polar surface area (TPSA) is 99.3 Å². The molecule has 1 atom stereocenters. The third-order valence-electron chi connectivity index (χ3n) is 2.00. The van der Waals surface area contributed by atoms with Gasteiger partial charge in [-0.05, 0) is 16.8 Å². The lowest BCUT2D eigenvalue weighted by Crippen LogP contribution is -2.28. The Morgan fingerprint density at radius 3 is 2.88 bits per heavy atom. The number of rotatable bonds is 4. The molecular formula is C8H12N4O4. The summed E-state index contributed by atoms with van der Waals surface area (Å²) in [6.45, 7) is 1.54. The van der Waals surface area contributed by atoms with E-state index in [0.717, 1.165) is 0 Å². The summed E-state index contributed by atoms with van der Waals surface area (Å²) >= 11 is 0. The van der Waals surface area contributed by atoms with Crippen molar-refractivity contribution in [2.75, 3.05) is 12.4 Å². The van der Waals surface area contributed by atoms with Crippen LogP contribution in [0.15, 0.2) is 6.33 Å². The number of anilines is 1. The van der Waals surface area contributed by atoms with Gasteiger partial charge in [0.15, 0.2) is 0 Å². The number of carbonyl (C=O) groups is 1. The zero-order valence-corrected chi connectivity index (χ0v) is 9.13. The van der Waals surface area contributed by atoms with Gasteiger partial charge in [-0.25, -0.2) is 4.79 Å². The van der Waals surface area contributed by atoms with Crippen LogP contribution in [-0.4, -0.2) is 33.6 Å². The highest BCUT2D eigenvalue weighted by Crippen LogP contribution is 2.21. The van der Waals surface area contributed by atoms with Gasteiger partial charge in [0.25, 0.3) is 0 Å². The minimum atomic E-state index is -0.681. The highest BCUT2D eigenvalue weighted by Gasteiger charge is 2.23. The number of ether oxygens (including phenoxy) is 1. The van der Waals surface area contributed by atoms with Crippen molar-refractivity contribution >= 4 is 17.6 Å². The quantitative estimate of drug-likeness (QED) is 0.452. The molecule has 1 heterocycles. The fourth-order valence-corrected chi connectivity index (χ4v) is 1.16. The highest BCUT2D eigenvalue weighted by atomic mass is 16.6. The zero-order valence-electron chi connectivity index (χ0n) is 9.13. The van der Waals surface area contributed by atoms with Crippen molar-refractivity contribution < 1.29 is 14.5 Å². The maximum Gasteiger partial charge on any atom is 0.406 e. The normalized spacial score (nSPS) is 11.9. The van der Waals surface area contributed by atoms with Crippen LogP contribution < -0.4 is 5.32 Å². The van der Waals surface area contributed by atoms with E-state index in [9.17, 15) is 14.9 Å². The van der Waals surface area contributed by atoms with Crippen molar-refractivity contribution in [1.82, 2.24) is 9.55 Å². The Morgan fingerprint density at radius 1 is 1.75 bits per heavy atom. The second-order valence-corrected chi connectivity index (χ2v) is 3.17. The number of hydrogen-bond donors (Lipinski definition) is 1. The van der Waals surface area contributed by atoms with Gasteiger partial charge in [-0.1, -0.05) is 0 Å². The molecule has 1 N–H and O–H groups in total. The Hall–Kier alpha value is -2.12. The van der Waals surface area contributed by atoms with E-state index in [0.29, 0.717) is 0 Å². The SMILES string of the molecule is COC(=O)C(C)Nc1c([N+](=O)[O-])ncn1C. The average Bonchev–Trinajstić information content (AvgIpc) is 2.59. The first kappa shape index (κ1) is 12.0. The monoisotopic (exact) mass is 228 g/mol. The number of nitrogens with one attached hydrogen (secondary N) is 1. The number of aryl methyl sites for hydroxylation is 1. The van der Waals surface area contributed by atoms with Gasteiger partial charge in [0, 0.05) is 7.05 Å². The first-order chi connectivity index (χ1) is 7.47. The average molecular weight is 228 g/mol. The van der Waals surface area contributed by atoms with E-state index in [2.05, 4.69) is 15.0 Å². The van der Waals surface area contributed by atoms with Crippen molar-refractivity contribution in [2.45, 2.75) is 13.0 Å². The number of nitrogens with zero attached hydrogens (tertiary/aromatic N) is 3. The fourth-order valence-electron chi connectivity index (χ4n) is 1.16. The van der Waals surface area contributed by atoms with Gasteiger partial charge in [0.2, 0.25) is 12.1 Å². The molecule has 88 valence electrons. The van der Waals surface area contributed by atoms with E-state index in [-0.39, 0.29) is 11.6 Å². The molecule has 0 aliphatic rings. The second-order valence-electron chi connectivity index (χ2n) is 3.17. The standard InChI is InChI=1S/C8H12N4O4/c1-5(8(13)16-3)10-7-6(12(14)15)9-4-11(7)2/h4-5,10H,1-3H3. The van der Waals surface area contributed by atoms with Crippen LogP contribution in [0.4, 0.5) is 11.6 Å². The molecule has 0 saturated carbocycles. The van der Waals surface area contributed by atoms with E-state index in [4.69, 9.17) is 0 Å². The maximum absolute atomic E-state index is 11.1. The Balaban J connectivity index is 2.92. The van der Waals surface area contributed by atoms with Crippen LogP contribution in [0.2, 0.25) is 0 Å². The summed E-state index contributed by atoms with van der Waals surface area (Å²) in [5.74, 6) is -0.656. The molecule has 1 rings (SSSR count). The van der Waals surface area contributed by atoms with E-state index in [1.54, 1.807) is 14.0 Å². The van der Waals surface area contributed by atoms with Crippen molar-refractivity contribution in [3.05, 3.63) is 16.4 Å². The van der Waals surface area contributed by atoms with Gasteiger partial charge in [0.1, 0.15) is 6.04 Å². The molecule has 1 aromatic rings. The lowest BCUT2D eigenvalue weighted by atomic mass is 10.3. The molecule has 1 aromatic heterocycles. The largest absolute Gasteiger partial charge is 0.467 e. The van der Waals surface area contributed by atoms with E-state index >= 15 is 0 Å². The molecule has 1 unspecified atom stereocenters. The van der Waals surface area contributed by atoms with Crippen molar-refractivity contribution in [3.63, 3.8) is 0 Å². The van der Waals surface area contributed by atoms with E-state index in [1.807, 2.05) is 0 Å². The molecule has 8 heteroatoms. The van der Waals surface area contributed by atoms with Crippen LogP contribution in [0.5, 0.6) is 0 Å². The molecule has 0 fully saturated rings. The molecule has 0 spiro atoms. The van der Waals surface area contributed by atoms with Gasteiger partial charge >= 0.3 is 11.8 Å². The maximum atomic E-state index is 11.1. The molecule has 0 aliphatic heterocycles. The first-order valence-electron chi connectivity index (χ1n) is 4.47. The Labute approximate surface area is 91.4 Å². The number of aromatic nitrogens is 2. The van der Waals surface area contributed by atoms with Gasteiger partial charge in [-0.15, -0.1) is 0 Å². The summed E-state index contributed by atoms with van der Waals surface area (Å²) in [6.07, 6.45) is 1.30.